The van der Waals surface area contributed by atoms with Crippen LogP contribution in [0, 0.1) is 5.92 Å². The molecule has 1 aromatic rings. The third-order valence-corrected chi connectivity index (χ3v) is 4.44. The maximum Gasteiger partial charge on any atom is 0.122 e. The quantitative estimate of drug-likeness (QED) is 0.876. The van der Waals surface area contributed by atoms with Gasteiger partial charge >= 0.3 is 0 Å². The molecule has 4 nitrogen and oxygen atoms in total. The van der Waals surface area contributed by atoms with Crippen molar-refractivity contribution in [1.29, 1.82) is 0 Å². The maximum absolute atomic E-state index is 4.44. The maximum atomic E-state index is 4.44. The highest BCUT2D eigenvalue weighted by molar-refractivity contribution is 4.96. The van der Waals surface area contributed by atoms with Crippen LogP contribution in [-0.2, 0) is 13.1 Å². The van der Waals surface area contributed by atoms with Crippen LogP contribution < -0.4 is 5.32 Å². The van der Waals surface area contributed by atoms with Gasteiger partial charge in [-0.15, -0.1) is 0 Å². The van der Waals surface area contributed by atoms with Gasteiger partial charge in [-0.3, -0.25) is 4.90 Å². The lowest BCUT2D eigenvalue weighted by atomic mass is 10.0. The van der Waals surface area contributed by atoms with E-state index in [1.54, 1.807) is 0 Å². The van der Waals surface area contributed by atoms with Gasteiger partial charge in [0.15, 0.2) is 0 Å². The number of nitrogens with one attached hydrogen (secondary N) is 1. The topological polar surface area (TPSA) is 33.1 Å². The second-order valence-electron chi connectivity index (χ2n) is 5.63. The largest absolute Gasteiger partial charge is 0.333 e. The van der Waals surface area contributed by atoms with E-state index in [4.69, 9.17) is 0 Å². The molecular weight excluding hydrogens is 224 g/mol. The van der Waals surface area contributed by atoms with Crippen molar-refractivity contribution in [2.75, 3.05) is 19.6 Å². The molecule has 1 N–H and O–H groups in total. The average Bonchev–Trinajstić information content (AvgIpc) is 2.99. The Bertz CT molecular complexity index is 387. The van der Waals surface area contributed by atoms with E-state index in [0.717, 1.165) is 31.6 Å². The minimum atomic E-state index is 0.747. The molecule has 100 valence electrons. The SMILES string of the molecule is CCNC1CCCC1CN1CCn2ccnc2C1. The summed E-state index contributed by atoms with van der Waals surface area (Å²) in [4.78, 5) is 7.03. The first kappa shape index (κ1) is 12.2. The van der Waals surface area contributed by atoms with Gasteiger partial charge in [-0.05, 0) is 25.3 Å². The zero-order valence-corrected chi connectivity index (χ0v) is 11.3. The summed E-state index contributed by atoms with van der Waals surface area (Å²) in [5.74, 6) is 2.07. The third-order valence-electron chi connectivity index (χ3n) is 4.44. The lowest BCUT2D eigenvalue weighted by molar-refractivity contribution is 0.174. The fourth-order valence-electron chi connectivity index (χ4n) is 3.50. The highest BCUT2D eigenvalue weighted by Crippen LogP contribution is 2.27. The lowest BCUT2D eigenvalue weighted by Gasteiger charge is -2.32. The standard InChI is InChI=1S/C14H24N4/c1-2-15-13-5-3-4-12(13)10-17-8-9-18-7-6-16-14(18)11-17/h6-7,12-13,15H,2-5,8-11H2,1H3. The van der Waals surface area contributed by atoms with Crippen molar-refractivity contribution < 1.29 is 0 Å². The lowest BCUT2D eigenvalue weighted by Crippen LogP contribution is -2.42. The van der Waals surface area contributed by atoms with Crippen molar-refractivity contribution in [3.05, 3.63) is 18.2 Å². The van der Waals surface area contributed by atoms with E-state index in [0.29, 0.717) is 0 Å². The van der Waals surface area contributed by atoms with Gasteiger partial charge in [0, 0.05) is 38.1 Å². The smallest absolute Gasteiger partial charge is 0.122 e. The van der Waals surface area contributed by atoms with E-state index in [9.17, 15) is 0 Å². The molecule has 2 unspecified atom stereocenters. The Kier molecular flexibility index (Phi) is 3.66. The van der Waals surface area contributed by atoms with E-state index in [1.165, 1.54) is 38.2 Å². The Balaban J connectivity index is 1.57. The van der Waals surface area contributed by atoms with Gasteiger partial charge in [0.1, 0.15) is 5.82 Å². The molecule has 0 radical (unpaired) electrons. The van der Waals surface area contributed by atoms with Crippen LogP contribution in [0.3, 0.4) is 0 Å². The fourth-order valence-corrected chi connectivity index (χ4v) is 3.50. The van der Waals surface area contributed by atoms with Crippen LogP contribution in [0.1, 0.15) is 32.0 Å². The fraction of sp³-hybridized carbons (Fsp3) is 0.786. The zero-order valence-electron chi connectivity index (χ0n) is 11.3. The molecule has 2 heterocycles. The number of fused-ring (bicyclic) bond motifs is 1. The van der Waals surface area contributed by atoms with Crippen molar-refractivity contribution in [2.24, 2.45) is 5.92 Å². The molecule has 0 bridgehead atoms. The van der Waals surface area contributed by atoms with E-state index in [2.05, 4.69) is 32.9 Å². The van der Waals surface area contributed by atoms with E-state index in [1.807, 2.05) is 6.20 Å². The van der Waals surface area contributed by atoms with Crippen molar-refractivity contribution in [3.8, 4) is 0 Å². The molecule has 1 saturated carbocycles. The molecule has 2 atom stereocenters. The minimum Gasteiger partial charge on any atom is -0.333 e. The van der Waals surface area contributed by atoms with E-state index >= 15 is 0 Å². The van der Waals surface area contributed by atoms with Crippen LogP contribution in [0.15, 0.2) is 12.4 Å². The van der Waals surface area contributed by atoms with Crippen LogP contribution in [0.2, 0.25) is 0 Å². The molecule has 2 aliphatic rings. The Hall–Kier alpha value is -0.870. The summed E-state index contributed by atoms with van der Waals surface area (Å²) in [6.07, 6.45) is 8.17. The molecule has 0 spiro atoms. The molecule has 18 heavy (non-hydrogen) atoms. The summed E-state index contributed by atoms with van der Waals surface area (Å²) in [6.45, 7) is 7.87. The summed E-state index contributed by atoms with van der Waals surface area (Å²) in [6, 6.07) is 0.747. The Labute approximate surface area is 109 Å². The number of imidazole rings is 1. The monoisotopic (exact) mass is 248 g/mol. The van der Waals surface area contributed by atoms with Crippen LogP contribution in [0.25, 0.3) is 0 Å². The van der Waals surface area contributed by atoms with E-state index < -0.39 is 0 Å². The molecule has 1 aromatic heterocycles. The highest BCUT2D eigenvalue weighted by atomic mass is 15.2. The molecule has 1 aliphatic carbocycles. The van der Waals surface area contributed by atoms with Gasteiger partial charge in [0.05, 0.1) is 6.54 Å². The summed E-state index contributed by atoms with van der Waals surface area (Å²) in [5.41, 5.74) is 0. The van der Waals surface area contributed by atoms with Crippen molar-refractivity contribution in [1.82, 2.24) is 19.8 Å². The second kappa shape index (κ2) is 5.41. The first-order valence-electron chi connectivity index (χ1n) is 7.32. The molecule has 0 aromatic carbocycles. The zero-order chi connectivity index (χ0) is 12.4. The number of rotatable bonds is 4. The highest BCUT2D eigenvalue weighted by Gasteiger charge is 2.29. The van der Waals surface area contributed by atoms with Gasteiger partial charge in [0.2, 0.25) is 0 Å². The van der Waals surface area contributed by atoms with Gasteiger partial charge < -0.3 is 9.88 Å². The predicted octanol–water partition coefficient (Wildman–Crippen LogP) is 1.48. The van der Waals surface area contributed by atoms with Gasteiger partial charge in [0.25, 0.3) is 0 Å². The number of hydrogen-bond donors (Lipinski definition) is 1. The minimum absolute atomic E-state index is 0.747. The Morgan fingerprint density at radius 2 is 2.33 bits per heavy atom. The predicted molar refractivity (Wildman–Crippen MR) is 72.3 cm³/mol. The summed E-state index contributed by atoms with van der Waals surface area (Å²) >= 11 is 0. The molecule has 4 heteroatoms. The van der Waals surface area contributed by atoms with Gasteiger partial charge in [-0.1, -0.05) is 13.3 Å². The molecule has 3 rings (SSSR count). The van der Waals surface area contributed by atoms with Crippen LogP contribution >= 0.6 is 0 Å². The molecule has 0 amide bonds. The van der Waals surface area contributed by atoms with Gasteiger partial charge in [-0.2, -0.15) is 0 Å². The number of aromatic nitrogens is 2. The first-order valence-corrected chi connectivity index (χ1v) is 7.32. The molecule has 0 saturated heterocycles. The normalized spacial score (nSPS) is 28.5. The molecule has 1 fully saturated rings. The van der Waals surface area contributed by atoms with Crippen LogP contribution in [-0.4, -0.2) is 40.1 Å². The number of hydrogen-bond acceptors (Lipinski definition) is 3. The summed E-state index contributed by atoms with van der Waals surface area (Å²) < 4.78 is 2.28. The molecule has 1 aliphatic heterocycles. The van der Waals surface area contributed by atoms with Crippen molar-refractivity contribution >= 4 is 0 Å². The third kappa shape index (κ3) is 2.45. The van der Waals surface area contributed by atoms with Crippen molar-refractivity contribution in [3.63, 3.8) is 0 Å². The average molecular weight is 248 g/mol. The Morgan fingerprint density at radius 3 is 3.22 bits per heavy atom. The Morgan fingerprint density at radius 1 is 1.39 bits per heavy atom. The van der Waals surface area contributed by atoms with Crippen LogP contribution in [0.5, 0.6) is 0 Å². The number of nitrogens with zero attached hydrogens (tertiary/aromatic N) is 3. The van der Waals surface area contributed by atoms with Crippen LogP contribution in [0.4, 0.5) is 0 Å². The van der Waals surface area contributed by atoms with E-state index in [-0.39, 0.29) is 0 Å². The summed E-state index contributed by atoms with van der Waals surface area (Å²) in [7, 11) is 0. The van der Waals surface area contributed by atoms with Crippen molar-refractivity contribution in [2.45, 2.75) is 45.3 Å². The first-order chi connectivity index (χ1) is 8.86. The van der Waals surface area contributed by atoms with Gasteiger partial charge in [-0.25, -0.2) is 4.98 Å². The molecular formula is C14H24N4. The second-order valence-corrected chi connectivity index (χ2v) is 5.63. The summed E-state index contributed by atoms with van der Waals surface area (Å²) in [5, 5.41) is 3.65.